The minimum absolute atomic E-state index is 0.168. The molecule has 1 aromatic heterocycles. The van der Waals surface area contributed by atoms with E-state index in [4.69, 9.17) is 4.42 Å². The summed E-state index contributed by atoms with van der Waals surface area (Å²) in [5.41, 5.74) is 21.6. The highest BCUT2D eigenvalue weighted by molar-refractivity contribution is 6.30. The van der Waals surface area contributed by atoms with Gasteiger partial charge >= 0.3 is 0 Å². The molecule has 13 rings (SSSR count). The van der Waals surface area contributed by atoms with Crippen molar-refractivity contribution in [2.75, 3.05) is 9.80 Å². The van der Waals surface area contributed by atoms with Gasteiger partial charge in [-0.15, -0.1) is 0 Å². The molecule has 0 unspecified atom stereocenters. The zero-order valence-corrected chi connectivity index (χ0v) is 51.9. The number of para-hydroxylation sites is 3. The zero-order chi connectivity index (χ0) is 59.8. The van der Waals surface area contributed by atoms with E-state index in [-0.39, 0.29) is 23.5 Å². The van der Waals surface area contributed by atoms with E-state index < -0.39 is 0 Å². The molecule has 12 aromatic carbocycles. The summed E-state index contributed by atoms with van der Waals surface area (Å²) in [6.07, 6.45) is 0. The number of fused-ring (bicyclic) bond motifs is 3. The SMILES string of the molecule is CC(C)c1cccc(N(c2cccc(-c3cccc(-c4ccccc4C(C)C)c3)c2O)c2cc(C(C)C)c3ccc4c(N(c5cccc(C(C)C)c5)c5cccc6c5oc5c(-c7ccccc7C(C)C)cccc56)cc(C(C)C)c5ccc2c3c54)c1. The van der Waals surface area contributed by atoms with Gasteiger partial charge in [0, 0.05) is 44.0 Å². The number of nitrogens with zero attached hydrogens (tertiary/aromatic N) is 2. The maximum atomic E-state index is 13.2. The smallest absolute Gasteiger partial charge is 0.159 e. The molecule has 4 heteroatoms. The third-order valence-electron chi connectivity index (χ3n) is 18.2. The largest absolute Gasteiger partial charge is 0.505 e. The second kappa shape index (κ2) is 22.4. The average molecular weight is 1120 g/mol. The van der Waals surface area contributed by atoms with Gasteiger partial charge in [-0.05, 0) is 167 Å². The number of benzene rings is 12. The molecule has 0 radical (unpaired) electrons. The number of rotatable bonds is 15. The van der Waals surface area contributed by atoms with Crippen molar-refractivity contribution in [1.29, 1.82) is 0 Å². The van der Waals surface area contributed by atoms with Crippen LogP contribution in [0.25, 0.3) is 87.6 Å². The monoisotopic (exact) mass is 1120 g/mol. The predicted molar refractivity (Wildman–Crippen MR) is 369 cm³/mol. The molecular formula is C82H78N2O2. The number of phenolic OH excluding ortho intramolecular Hbond substituents is 1. The molecule has 0 aliphatic rings. The van der Waals surface area contributed by atoms with Gasteiger partial charge < -0.3 is 19.3 Å². The summed E-state index contributed by atoms with van der Waals surface area (Å²) in [6.45, 7) is 27.4. The summed E-state index contributed by atoms with van der Waals surface area (Å²) >= 11 is 0. The first-order chi connectivity index (χ1) is 41.6. The van der Waals surface area contributed by atoms with Crippen LogP contribution in [0.15, 0.2) is 217 Å². The number of hydrogen-bond acceptors (Lipinski definition) is 4. The first-order valence-corrected chi connectivity index (χ1v) is 31.2. The van der Waals surface area contributed by atoms with E-state index in [9.17, 15) is 5.11 Å². The van der Waals surface area contributed by atoms with Crippen molar-refractivity contribution in [2.24, 2.45) is 0 Å². The maximum absolute atomic E-state index is 13.2. The van der Waals surface area contributed by atoms with E-state index in [0.29, 0.717) is 17.8 Å². The normalized spacial score (nSPS) is 12.2. The van der Waals surface area contributed by atoms with E-state index in [2.05, 4.69) is 305 Å². The standard InChI is InChI=1S/C82H78N2O2/c1-48(2)54-23-18-27-58(44-54)83(74-37-21-33-63(80(74)85)57-26-17-25-56(43-57)62-31-15-13-29-60(62)50(5)6)76-46-72(52(9)10)65-40-42-71-77(47-73(53(11)12)66-39-41-70(76)78(65)79(66)71)84(59-28-19-24-55(45-59)49(3)4)75-38-22-36-69-68-35-20-34-67(81(68)86-82(69)75)64-32-16-14-30-61(64)51(7)8/h13-53,85H,1-12H3. The quantitative estimate of drug-likeness (QED) is 0.104. The molecule has 0 atom stereocenters. The van der Waals surface area contributed by atoms with Crippen molar-refractivity contribution < 1.29 is 9.52 Å². The summed E-state index contributed by atoms with van der Waals surface area (Å²) in [4.78, 5) is 4.83. The van der Waals surface area contributed by atoms with Crippen molar-refractivity contribution in [2.45, 2.75) is 119 Å². The van der Waals surface area contributed by atoms with E-state index in [1.54, 1.807) is 0 Å². The van der Waals surface area contributed by atoms with Gasteiger partial charge in [0.15, 0.2) is 5.58 Å². The van der Waals surface area contributed by atoms with Crippen LogP contribution in [0.4, 0.5) is 34.1 Å². The van der Waals surface area contributed by atoms with E-state index in [1.165, 1.54) is 66.1 Å². The second-order valence-corrected chi connectivity index (χ2v) is 25.7. The van der Waals surface area contributed by atoms with Crippen molar-refractivity contribution in [3.8, 4) is 39.1 Å². The van der Waals surface area contributed by atoms with Crippen LogP contribution in [0, 0.1) is 0 Å². The van der Waals surface area contributed by atoms with Crippen LogP contribution in [0.2, 0.25) is 0 Å². The Bertz CT molecular complexity index is 4700. The molecule has 428 valence electrons. The predicted octanol–water partition coefficient (Wildman–Crippen LogP) is 24.9. The number of furan rings is 1. The van der Waals surface area contributed by atoms with Gasteiger partial charge in [0.25, 0.3) is 0 Å². The lowest BCUT2D eigenvalue weighted by Gasteiger charge is -2.32. The molecule has 1 heterocycles. The molecule has 0 fully saturated rings. The summed E-state index contributed by atoms with van der Waals surface area (Å²) in [5.74, 6) is 1.87. The molecule has 0 saturated carbocycles. The molecule has 86 heavy (non-hydrogen) atoms. The van der Waals surface area contributed by atoms with E-state index in [0.717, 1.165) is 89.1 Å². The maximum Gasteiger partial charge on any atom is 0.159 e. The topological polar surface area (TPSA) is 39.9 Å². The van der Waals surface area contributed by atoms with Crippen LogP contribution >= 0.6 is 0 Å². The first-order valence-electron chi connectivity index (χ1n) is 31.2. The molecule has 4 nitrogen and oxygen atoms in total. The number of aromatic hydroxyl groups is 1. The Morgan fingerprint density at radius 1 is 0.291 bits per heavy atom. The Balaban J connectivity index is 1.09. The molecule has 0 aliphatic carbocycles. The molecule has 0 saturated heterocycles. The highest BCUT2D eigenvalue weighted by Gasteiger charge is 2.30. The average Bonchev–Trinajstić information content (AvgIpc) is 0.783. The van der Waals surface area contributed by atoms with E-state index >= 15 is 0 Å². The fourth-order valence-corrected chi connectivity index (χ4v) is 13.7. The van der Waals surface area contributed by atoms with Gasteiger partial charge in [0.05, 0.1) is 22.7 Å². The zero-order valence-electron chi connectivity index (χ0n) is 51.9. The van der Waals surface area contributed by atoms with Gasteiger partial charge in [0.2, 0.25) is 0 Å². The lowest BCUT2D eigenvalue weighted by Crippen LogP contribution is -2.14. The first kappa shape index (κ1) is 56.0. The number of hydrogen-bond donors (Lipinski definition) is 1. The van der Waals surface area contributed by atoms with Gasteiger partial charge in [0.1, 0.15) is 11.3 Å². The minimum Gasteiger partial charge on any atom is -0.505 e. The second-order valence-electron chi connectivity index (χ2n) is 25.7. The molecule has 0 amide bonds. The van der Waals surface area contributed by atoms with Gasteiger partial charge in [-0.3, -0.25) is 0 Å². The molecule has 1 N–H and O–H groups in total. The fourth-order valence-electron chi connectivity index (χ4n) is 13.7. The Labute approximate surface area is 508 Å². The fraction of sp³-hybridized carbons (Fsp3) is 0.220. The van der Waals surface area contributed by atoms with Gasteiger partial charge in [-0.2, -0.15) is 0 Å². The van der Waals surface area contributed by atoms with Gasteiger partial charge in [-0.25, -0.2) is 0 Å². The third kappa shape index (κ3) is 9.55. The van der Waals surface area contributed by atoms with Crippen LogP contribution < -0.4 is 9.80 Å². The van der Waals surface area contributed by atoms with Crippen molar-refractivity contribution >= 4 is 88.4 Å². The van der Waals surface area contributed by atoms with Crippen LogP contribution in [0.3, 0.4) is 0 Å². The number of anilines is 6. The Morgan fingerprint density at radius 2 is 0.709 bits per heavy atom. The lowest BCUT2D eigenvalue weighted by atomic mass is 9.84. The van der Waals surface area contributed by atoms with Gasteiger partial charge in [-0.1, -0.05) is 241 Å². The van der Waals surface area contributed by atoms with Crippen LogP contribution in [-0.4, -0.2) is 5.11 Å². The van der Waals surface area contributed by atoms with Crippen molar-refractivity contribution in [1.82, 2.24) is 0 Å². The van der Waals surface area contributed by atoms with Crippen molar-refractivity contribution in [3.05, 3.63) is 246 Å². The summed E-state index contributed by atoms with van der Waals surface area (Å²) in [5, 5.41) is 22.5. The number of phenols is 1. The molecule has 0 spiro atoms. The Morgan fingerprint density at radius 3 is 1.27 bits per heavy atom. The summed E-state index contributed by atoms with van der Waals surface area (Å²) in [6, 6.07) is 78.1. The molecule has 0 bridgehead atoms. The molecule has 0 aliphatic heterocycles. The lowest BCUT2D eigenvalue weighted by molar-refractivity contribution is 0.478. The Hall–Kier alpha value is -9.12. The van der Waals surface area contributed by atoms with Crippen molar-refractivity contribution in [3.63, 3.8) is 0 Å². The van der Waals surface area contributed by atoms with Crippen LogP contribution in [0.5, 0.6) is 5.75 Å². The van der Waals surface area contributed by atoms with E-state index in [1.807, 2.05) is 0 Å². The highest BCUT2D eigenvalue weighted by atomic mass is 16.3. The van der Waals surface area contributed by atoms with Crippen LogP contribution in [-0.2, 0) is 0 Å². The minimum atomic E-state index is 0.168. The molecular weight excluding hydrogens is 1040 g/mol. The molecule has 13 aromatic rings. The summed E-state index contributed by atoms with van der Waals surface area (Å²) in [7, 11) is 0. The third-order valence-corrected chi connectivity index (χ3v) is 18.2. The highest BCUT2D eigenvalue weighted by Crippen LogP contribution is 2.54. The Kier molecular flexibility index (Phi) is 14.6. The van der Waals surface area contributed by atoms with Crippen LogP contribution in [0.1, 0.15) is 152 Å². The summed E-state index contributed by atoms with van der Waals surface area (Å²) < 4.78 is 7.42.